The first-order valence-electron chi connectivity index (χ1n) is 27.5. The monoisotopic (exact) mass is 862 g/mol. The van der Waals surface area contributed by atoms with Gasteiger partial charge in [-0.1, -0.05) is 270 Å². The molecule has 61 heavy (non-hydrogen) atoms. The van der Waals surface area contributed by atoms with Gasteiger partial charge >= 0.3 is 5.97 Å². The lowest BCUT2D eigenvalue weighted by Gasteiger charge is -2.20. The molecule has 2 unspecified atom stereocenters. The zero-order chi connectivity index (χ0) is 44.4. The van der Waals surface area contributed by atoms with Gasteiger partial charge in [0.2, 0.25) is 5.91 Å². The van der Waals surface area contributed by atoms with E-state index in [2.05, 4.69) is 19.2 Å². The summed E-state index contributed by atoms with van der Waals surface area (Å²) in [4.78, 5) is 24.5. The molecule has 0 saturated carbocycles. The van der Waals surface area contributed by atoms with Gasteiger partial charge < -0.3 is 20.3 Å². The van der Waals surface area contributed by atoms with Crippen LogP contribution in [0.3, 0.4) is 0 Å². The number of amides is 1. The molecule has 6 nitrogen and oxygen atoms in total. The molecule has 0 aromatic heterocycles. The van der Waals surface area contributed by atoms with Crippen molar-refractivity contribution in [3.05, 3.63) is 12.2 Å². The lowest BCUT2D eigenvalue weighted by molar-refractivity contribution is -0.143. The van der Waals surface area contributed by atoms with Crippen LogP contribution in [0.2, 0.25) is 0 Å². The smallest absolute Gasteiger partial charge is 0.305 e. The number of unbranched alkanes of at least 4 members (excludes halogenated alkanes) is 40. The van der Waals surface area contributed by atoms with E-state index < -0.39 is 12.1 Å². The summed E-state index contributed by atoms with van der Waals surface area (Å²) in [6.07, 6.45) is 59.3. The minimum atomic E-state index is -0.846. The standard InChI is InChI=1S/C55H107NO5/c1-3-5-7-9-11-13-15-17-25-29-33-37-41-45-49-55(60)61-50-46-42-38-34-30-26-22-20-18-19-21-24-28-32-36-40-44-48-54(59)56-52(51-57)53(58)47-43-39-35-31-27-23-16-14-12-10-8-6-4-2/h43,47,52-53,57-58H,3-42,44-46,48-51H2,1-2H3,(H,56,59)/b47-43+. The van der Waals surface area contributed by atoms with E-state index in [1.165, 1.54) is 238 Å². The van der Waals surface area contributed by atoms with Gasteiger partial charge in [-0.15, -0.1) is 0 Å². The van der Waals surface area contributed by atoms with E-state index in [1.54, 1.807) is 6.08 Å². The maximum absolute atomic E-state index is 12.4. The number of carbonyl (C=O) groups excluding carboxylic acids is 2. The van der Waals surface area contributed by atoms with Gasteiger partial charge in [-0.3, -0.25) is 9.59 Å². The molecule has 0 fully saturated rings. The molecule has 0 aliphatic carbocycles. The maximum atomic E-state index is 12.4. The number of hydrogen-bond acceptors (Lipinski definition) is 5. The predicted molar refractivity (Wildman–Crippen MR) is 264 cm³/mol. The summed E-state index contributed by atoms with van der Waals surface area (Å²) in [5.74, 6) is -0.0656. The average Bonchev–Trinajstić information content (AvgIpc) is 3.26. The van der Waals surface area contributed by atoms with E-state index in [-0.39, 0.29) is 18.5 Å². The Morgan fingerprint density at radius 1 is 0.443 bits per heavy atom. The van der Waals surface area contributed by atoms with Crippen LogP contribution in [0.5, 0.6) is 0 Å². The molecule has 0 rings (SSSR count). The second kappa shape index (κ2) is 51.2. The highest BCUT2D eigenvalue weighted by Crippen LogP contribution is 2.17. The van der Waals surface area contributed by atoms with Gasteiger partial charge in [0.15, 0.2) is 0 Å². The summed E-state index contributed by atoms with van der Waals surface area (Å²) in [5.41, 5.74) is 0. The predicted octanol–water partition coefficient (Wildman–Crippen LogP) is 16.5. The fourth-order valence-corrected chi connectivity index (χ4v) is 8.58. The molecule has 0 aromatic carbocycles. The van der Waals surface area contributed by atoms with Crippen LogP contribution in [-0.4, -0.2) is 47.4 Å². The lowest BCUT2D eigenvalue weighted by Crippen LogP contribution is -2.45. The summed E-state index contributed by atoms with van der Waals surface area (Å²) in [6, 6.07) is -0.630. The van der Waals surface area contributed by atoms with E-state index in [0.29, 0.717) is 19.4 Å². The second-order valence-electron chi connectivity index (χ2n) is 18.9. The van der Waals surface area contributed by atoms with Crippen molar-refractivity contribution in [3.8, 4) is 0 Å². The van der Waals surface area contributed by atoms with Crippen LogP contribution in [0.15, 0.2) is 12.2 Å². The molecule has 0 bridgehead atoms. The second-order valence-corrected chi connectivity index (χ2v) is 18.9. The van der Waals surface area contributed by atoms with Crippen molar-refractivity contribution in [2.75, 3.05) is 13.2 Å². The fraction of sp³-hybridized carbons (Fsp3) is 0.927. The van der Waals surface area contributed by atoms with Crippen molar-refractivity contribution in [1.82, 2.24) is 5.32 Å². The van der Waals surface area contributed by atoms with Crippen LogP contribution >= 0.6 is 0 Å². The topological polar surface area (TPSA) is 95.9 Å². The minimum absolute atomic E-state index is 0.00689. The van der Waals surface area contributed by atoms with Crippen LogP contribution in [0, 0.1) is 0 Å². The molecule has 6 heteroatoms. The number of aliphatic hydroxyl groups is 2. The molecule has 0 aliphatic rings. The molecule has 2 atom stereocenters. The highest BCUT2D eigenvalue weighted by atomic mass is 16.5. The molecule has 0 aromatic rings. The molecular formula is C55H107NO5. The number of allylic oxidation sites excluding steroid dienone is 1. The lowest BCUT2D eigenvalue weighted by atomic mass is 10.0. The zero-order valence-corrected chi connectivity index (χ0v) is 41.2. The number of carbonyl (C=O) groups is 2. The number of nitrogens with one attached hydrogen (secondary N) is 1. The van der Waals surface area contributed by atoms with E-state index in [4.69, 9.17) is 4.74 Å². The quantitative estimate of drug-likeness (QED) is 0.0322. The van der Waals surface area contributed by atoms with Crippen molar-refractivity contribution < 1.29 is 24.5 Å². The molecule has 0 spiro atoms. The van der Waals surface area contributed by atoms with Crippen molar-refractivity contribution in [1.29, 1.82) is 0 Å². The van der Waals surface area contributed by atoms with Gasteiger partial charge in [0.25, 0.3) is 0 Å². The Morgan fingerprint density at radius 3 is 1.11 bits per heavy atom. The third kappa shape index (κ3) is 47.9. The van der Waals surface area contributed by atoms with Crippen LogP contribution < -0.4 is 5.32 Å². The Balaban J connectivity index is 3.42. The summed E-state index contributed by atoms with van der Waals surface area (Å²) < 4.78 is 5.47. The third-order valence-corrected chi connectivity index (χ3v) is 12.8. The molecule has 1 amide bonds. The average molecular weight is 862 g/mol. The number of ether oxygens (including phenoxy) is 1. The highest BCUT2D eigenvalue weighted by molar-refractivity contribution is 5.76. The van der Waals surface area contributed by atoms with Crippen LogP contribution in [0.25, 0.3) is 0 Å². The Morgan fingerprint density at radius 2 is 0.754 bits per heavy atom. The maximum Gasteiger partial charge on any atom is 0.305 e. The molecule has 0 radical (unpaired) electrons. The number of esters is 1. The van der Waals surface area contributed by atoms with Crippen LogP contribution in [0.1, 0.15) is 303 Å². The summed E-state index contributed by atoms with van der Waals surface area (Å²) >= 11 is 0. The van der Waals surface area contributed by atoms with Crippen molar-refractivity contribution in [2.45, 2.75) is 315 Å². The van der Waals surface area contributed by atoms with Gasteiger partial charge in [0, 0.05) is 12.8 Å². The molecule has 3 N–H and O–H groups in total. The van der Waals surface area contributed by atoms with E-state index in [1.807, 2.05) is 6.08 Å². The summed E-state index contributed by atoms with van der Waals surface area (Å²) in [6.45, 7) is 4.90. The highest BCUT2D eigenvalue weighted by Gasteiger charge is 2.18. The molecular weight excluding hydrogens is 755 g/mol. The van der Waals surface area contributed by atoms with Gasteiger partial charge in [-0.25, -0.2) is 0 Å². The minimum Gasteiger partial charge on any atom is -0.466 e. The Kier molecular flexibility index (Phi) is 50.1. The molecule has 0 heterocycles. The van der Waals surface area contributed by atoms with Crippen LogP contribution in [-0.2, 0) is 14.3 Å². The van der Waals surface area contributed by atoms with E-state index >= 15 is 0 Å². The van der Waals surface area contributed by atoms with Crippen LogP contribution in [0.4, 0.5) is 0 Å². The Labute approximate surface area is 380 Å². The normalized spacial score (nSPS) is 12.7. The Bertz CT molecular complexity index is 909. The van der Waals surface area contributed by atoms with E-state index in [9.17, 15) is 19.8 Å². The number of hydrogen-bond donors (Lipinski definition) is 3. The zero-order valence-electron chi connectivity index (χ0n) is 41.2. The largest absolute Gasteiger partial charge is 0.466 e. The number of aliphatic hydroxyl groups excluding tert-OH is 2. The molecule has 0 saturated heterocycles. The SMILES string of the molecule is CCCCCCCCCCCCC/C=C/C(O)C(CO)NC(=O)CCCCCCCCCCCCCCCCCCCOC(=O)CCCCCCCCCCCCCCCC. The van der Waals surface area contributed by atoms with Crippen molar-refractivity contribution in [3.63, 3.8) is 0 Å². The summed E-state index contributed by atoms with van der Waals surface area (Å²) in [7, 11) is 0. The first kappa shape index (κ1) is 59.6. The first-order chi connectivity index (χ1) is 30.0. The third-order valence-electron chi connectivity index (χ3n) is 12.8. The van der Waals surface area contributed by atoms with Gasteiger partial charge in [-0.2, -0.15) is 0 Å². The van der Waals surface area contributed by atoms with E-state index in [0.717, 1.165) is 38.5 Å². The fourth-order valence-electron chi connectivity index (χ4n) is 8.58. The van der Waals surface area contributed by atoms with Gasteiger partial charge in [0.05, 0.1) is 25.4 Å². The number of rotatable bonds is 51. The Hall–Kier alpha value is -1.40. The first-order valence-corrected chi connectivity index (χ1v) is 27.5. The molecule has 362 valence electrons. The van der Waals surface area contributed by atoms with Gasteiger partial charge in [-0.05, 0) is 32.1 Å². The summed E-state index contributed by atoms with van der Waals surface area (Å²) in [5, 5.41) is 23.0. The van der Waals surface area contributed by atoms with Gasteiger partial charge in [0.1, 0.15) is 0 Å². The molecule has 0 aliphatic heterocycles. The van der Waals surface area contributed by atoms with Crippen molar-refractivity contribution in [2.24, 2.45) is 0 Å². The van der Waals surface area contributed by atoms with Crippen molar-refractivity contribution >= 4 is 11.9 Å².